The lowest BCUT2D eigenvalue weighted by Crippen LogP contribution is -2.25. The maximum Gasteiger partial charge on any atom is 0.242 e. The Morgan fingerprint density at radius 3 is 2.28 bits per heavy atom. The third kappa shape index (κ3) is 3.71. The standard InChI is InChI=1S/C13H22N2O2S/c1-4-11(5-2)15-12-9-7-8-10-13(12)18(16,17)14-6-3/h7-11,14-15H,4-6H2,1-3H3. The van der Waals surface area contributed by atoms with E-state index in [2.05, 4.69) is 23.9 Å². The van der Waals surface area contributed by atoms with Crippen LogP contribution in [0.2, 0.25) is 0 Å². The van der Waals surface area contributed by atoms with E-state index >= 15 is 0 Å². The fraction of sp³-hybridized carbons (Fsp3) is 0.538. The zero-order chi connectivity index (χ0) is 13.6. The molecule has 1 aromatic rings. The van der Waals surface area contributed by atoms with Crippen molar-refractivity contribution in [3.05, 3.63) is 24.3 Å². The highest BCUT2D eigenvalue weighted by atomic mass is 32.2. The van der Waals surface area contributed by atoms with Gasteiger partial charge in [-0.2, -0.15) is 0 Å². The minimum Gasteiger partial charge on any atom is -0.381 e. The van der Waals surface area contributed by atoms with E-state index in [0.29, 0.717) is 23.2 Å². The molecule has 0 aliphatic rings. The Kier molecular flexibility index (Phi) is 5.62. The Hall–Kier alpha value is -1.07. The summed E-state index contributed by atoms with van der Waals surface area (Å²) >= 11 is 0. The summed E-state index contributed by atoms with van der Waals surface area (Å²) in [5.74, 6) is 0. The van der Waals surface area contributed by atoms with Crippen LogP contribution in [-0.4, -0.2) is 21.0 Å². The van der Waals surface area contributed by atoms with Gasteiger partial charge in [0.1, 0.15) is 4.90 Å². The summed E-state index contributed by atoms with van der Waals surface area (Å²) in [5, 5.41) is 3.29. The highest BCUT2D eigenvalue weighted by Gasteiger charge is 2.18. The largest absolute Gasteiger partial charge is 0.381 e. The van der Waals surface area contributed by atoms with Crippen molar-refractivity contribution < 1.29 is 8.42 Å². The minimum atomic E-state index is -3.42. The van der Waals surface area contributed by atoms with Gasteiger partial charge in [0.2, 0.25) is 10.0 Å². The molecular weight excluding hydrogens is 248 g/mol. The first-order valence-corrected chi connectivity index (χ1v) is 7.88. The molecule has 102 valence electrons. The molecule has 0 atom stereocenters. The molecule has 0 aromatic heterocycles. The summed E-state index contributed by atoms with van der Waals surface area (Å²) in [6.45, 7) is 6.33. The fourth-order valence-corrected chi connectivity index (χ4v) is 3.01. The molecule has 0 unspecified atom stereocenters. The van der Waals surface area contributed by atoms with E-state index in [9.17, 15) is 8.42 Å². The Bertz CT molecular complexity index is 468. The molecule has 2 N–H and O–H groups in total. The first-order chi connectivity index (χ1) is 8.55. The van der Waals surface area contributed by atoms with E-state index in [0.717, 1.165) is 12.8 Å². The van der Waals surface area contributed by atoms with Crippen molar-refractivity contribution >= 4 is 15.7 Å². The van der Waals surface area contributed by atoms with Crippen molar-refractivity contribution in [2.24, 2.45) is 0 Å². The lowest BCUT2D eigenvalue weighted by atomic mass is 10.1. The number of hydrogen-bond donors (Lipinski definition) is 2. The number of benzene rings is 1. The van der Waals surface area contributed by atoms with Gasteiger partial charge < -0.3 is 5.32 Å². The van der Waals surface area contributed by atoms with Crippen LogP contribution in [0.1, 0.15) is 33.6 Å². The maximum absolute atomic E-state index is 12.1. The number of hydrogen-bond acceptors (Lipinski definition) is 3. The van der Waals surface area contributed by atoms with Gasteiger partial charge in [0, 0.05) is 12.6 Å². The van der Waals surface area contributed by atoms with Gasteiger partial charge in [-0.05, 0) is 25.0 Å². The predicted octanol–water partition coefficient (Wildman–Crippen LogP) is 2.59. The van der Waals surface area contributed by atoms with Gasteiger partial charge in [-0.15, -0.1) is 0 Å². The highest BCUT2D eigenvalue weighted by molar-refractivity contribution is 7.89. The number of para-hydroxylation sites is 1. The van der Waals surface area contributed by atoms with Gasteiger partial charge in [-0.1, -0.05) is 32.9 Å². The fourth-order valence-electron chi connectivity index (χ4n) is 1.80. The molecule has 0 radical (unpaired) electrons. The third-order valence-electron chi connectivity index (χ3n) is 2.86. The van der Waals surface area contributed by atoms with Gasteiger partial charge in [-0.25, -0.2) is 13.1 Å². The second kappa shape index (κ2) is 6.75. The second-order valence-corrected chi connectivity index (χ2v) is 5.89. The highest BCUT2D eigenvalue weighted by Crippen LogP contribution is 2.22. The molecule has 0 aliphatic heterocycles. The van der Waals surface area contributed by atoms with Crippen molar-refractivity contribution in [3.63, 3.8) is 0 Å². The molecule has 0 fully saturated rings. The first kappa shape index (κ1) is 15.0. The molecule has 0 spiro atoms. The van der Waals surface area contributed by atoms with Crippen LogP contribution < -0.4 is 10.0 Å². The summed E-state index contributed by atoms with van der Waals surface area (Å²) in [5.41, 5.74) is 0.673. The van der Waals surface area contributed by atoms with Crippen molar-refractivity contribution in [3.8, 4) is 0 Å². The quantitative estimate of drug-likeness (QED) is 0.800. The number of sulfonamides is 1. The molecule has 0 amide bonds. The predicted molar refractivity (Wildman–Crippen MR) is 75.3 cm³/mol. The molecule has 5 heteroatoms. The van der Waals surface area contributed by atoms with Crippen LogP contribution >= 0.6 is 0 Å². The lowest BCUT2D eigenvalue weighted by molar-refractivity contribution is 0.583. The summed E-state index contributed by atoms with van der Waals surface area (Å²) in [4.78, 5) is 0.318. The van der Waals surface area contributed by atoms with Crippen LogP contribution in [0.4, 0.5) is 5.69 Å². The molecular formula is C13H22N2O2S. The van der Waals surface area contributed by atoms with Crippen LogP contribution in [0.15, 0.2) is 29.2 Å². The van der Waals surface area contributed by atoms with E-state index < -0.39 is 10.0 Å². The zero-order valence-corrected chi connectivity index (χ0v) is 12.0. The van der Waals surface area contributed by atoms with Gasteiger partial charge in [-0.3, -0.25) is 0 Å². The Morgan fingerprint density at radius 1 is 1.11 bits per heavy atom. The molecule has 18 heavy (non-hydrogen) atoms. The molecule has 0 saturated carbocycles. The smallest absolute Gasteiger partial charge is 0.242 e. The molecule has 1 rings (SSSR count). The van der Waals surface area contributed by atoms with Crippen LogP contribution in [0.25, 0.3) is 0 Å². The number of anilines is 1. The van der Waals surface area contributed by atoms with E-state index in [-0.39, 0.29) is 0 Å². The van der Waals surface area contributed by atoms with Crippen LogP contribution in [0.5, 0.6) is 0 Å². The van der Waals surface area contributed by atoms with Gasteiger partial charge in [0.15, 0.2) is 0 Å². The molecule has 0 bridgehead atoms. The van der Waals surface area contributed by atoms with Crippen LogP contribution in [0.3, 0.4) is 0 Å². The molecule has 1 aromatic carbocycles. The maximum atomic E-state index is 12.1. The van der Waals surface area contributed by atoms with Gasteiger partial charge in [0.25, 0.3) is 0 Å². The average molecular weight is 270 g/mol. The number of rotatable bonds is 7. The average Bonchev–Trinajstić information content (AvgIpc) is 2.36. The van der Waals surface area contributed by atoms with E-state index in [1.165, 1.54) is 0 Å². The summed E-state index contributed by atoms with van der Waals surface area (Å²) < 4.78 is 26.6. The molecule has 4 nitrogen and oxygen atoms in total. The molecule has 0 aliphatic carbocycles. The Morgan fingerprint density at radius 2 is 1.72 bits per heavy atom. The van der Waals surface area contributed by atoms with Gasteiger partial charge in [0.05, 0.1) is 5.69 Å². The topological polar surface area (TPSA) is 58.2 Å². The van der Waals surface area contributed by atoms with E-state index in [1.807, 2.05) is 12.1 Å². The van der Waals surface area contributed by atoms with Crippen molar-refractivity contribution in [2.75, 3.05) is 11.9 Å². The summed E-state index contributed by atoms with van der Waals surface area (Å²) in [6.07, 6.45) is 1.93. The van der Waals surface area contributed by atoms with Crippen molar-refractivity contribution in [2.45, 2.75) is 44.6 Å². The monoisotopic (exact) mass is 270 g/mol. The number of nitrogens with one attached hydrogen (secondary N) is 2. The summed E-state index contributed by atoms with van der Waals surface area (Å²) in [7, 11) is -3.42. The SMILES string of the molecule is CCNS(=O)(=O)c1ccccc1NC(CC)CC. The summed E-state index contributed by atoms with van der Waals surface area (Å²) in [6, 6.07) is 7.31. The second-order valence-electron chi connectivity index (χ2n) is 4.16. The first-order valence-electron chi connectivity index (χ1n) is 6.40. The van der Waals surface area contributed by atoms with Crippen molar-refractivity contribution in [1.82, 2.24) is 4.72 Å². The molecule has 0 heterocycles. The Labute approximate surface area is 110 Å². The van der Waals surface area contributed by atoms with E-state index in [1.54, 1.807) is 19.1 Å². The third-order valence-corrected chi connectivity index (χ3v) is 4.46. The van der Waals surface area contributed by atoms with Crippen molar-refractivity contribution in [1.29, 1.82) is 0 Å². The van der Waals surface area contributed by atoms with Crippen LogP contribution in [-0.2, 0) is 10.0 Å². The lowest BCUT2D eigenvalue weighted by Gasteiger charge is -2.19. The minimum absolute atomic E-state index is 0.294. The Balaban J connectivity index is 3.07. The molecule has 0 saturated heterocycles. The van der Waals surface area contributed by atoms with Gasteiger partial charge >= 0.3 is 0 Å². The normalized spacial score (nSPS) is 11.8. The van der Waals surface area contributed by atoms with E-state index in [4.69, 9.17) is 0 Å². The van der Waals surface area contributed by atoms with Crippen LogP contribution in [0, 0.1) is 0 Å². The zero-order valence-electron chi connectivity index (χ0n) is 11.2.